The molecule has 1 fully saturated rings. The molecule has 5 nitrogen and oxygen atoms in total. The van der Waals surface area contributed by atoms with E-state index in [1.54, 1.807) is 18.7 Å². The van der Waals surface area contributed by atoms with Crippen molar-refractivity contribution in [3.05, 3.63) is 71.6 Å². The van der Waals surface area contributed by atoms with Crippen molar-refractivity contribution in [2.45, 2.75) is 58.9 Å². The number of likely N-dealkylation sites (tertiary alicyclic amines) is 1. The van der Waals surface area contributed by atoms with Gasteiger partial charge in [0.05, 0.1) is 5.57 Å². The lowest BCUT2D eigenvalue weighted by Gasteiger charge is -2.33. The highest BCUT2D eigenvalue weighted by Gasteiger charge is 2.35. The molecule has 8 heteroatoms. The van der Waals surface area contributed by atoms with Crippen LogP contribution in [0, 0.1) is 6.92 Å². The number of nitrogens with one attached hydrogen (secondary N) is 1. The van der Waals surface area contributed by atoms with Crippen LogP contribution in [0.3, 0.4) is 0 Å². The second-order valence-electron chi connectivity index (χ2n) is 8.94. The van der Waals surface area contributed by atoms with Gasteiger partial charge in [-0.3, -0.25) is 9.69 Å². The van der Waals surface area contributed by atoms with E-state index in [0.717, 1.165) is 19.2 Å². The van der Waals surface area contributed by atoms with Gasteiger partial charge >= 0.3 is 6.18 Å². The summed E-state index contributed by atoms with van der Waals surface area (Å²) in [5.41, 5.74) is 3.96. The number of nitrogens with zero attached hydrogens (tertiary/aromatic N) is 3. The highest BCUT2D eigenvalue weighted by molar-refractivity contribution is 5.87. The second kappa shape index (κ2) is 12.0. The highest BCUT2D eigenvalue weighted by atomic mass is 19.4. The molecule has 1 N–H and O–H groups in total. The number of allylic oxidation sites excluding steroid dienone is 2. The SMILES string of the molecule is C=CC(=O)N1CCCC(N/C(N=C(C)C)=C(/C=C)C(F)(F)F)C1.Cc1ccc2c(c1)CN(C)C2. The Bertz CT molecular complexity index is 961. The van der Waals surface area contributed by atoms with Gasteiger partial charge in [0.15, 0.2) is 0 Å². The largest absolute Gasteiger partial charge is 0.419 e. The fourth-order valence-electron chi connectivity index (χ4n) is 4.05. The molecule has 1 aromatic rings. The molecule has 1 aromatic carbocycles. The molecule has 0 spiro atoms. The summed E-state index contributed by atoms with van der Waals surface area (Å²) >= 11 is 0. The molecule has 0 saturated carbocycles. The third-order valence-electron chi connectivity index (χ3n) is 5.59. The first-order chi connectivity index (χ1) is 15.9. The lowest BCUT2D eigenvalue weighted by atomic mass is 10.1. The highest BCUT2D eigenvalue weighted by Crippen LogP contribution is 2.29. The Kier molecular flexibility index (Phi) is 9.67. The molecule has 2 aliphatic heterocycles. The Hall–Kier alpha value is -2.87. The third kappa shape index (κ3) is 7.87. The van der Waals surface area contributed by atoms with Crippen molar-refractivity contribution in [1.29, 1.82) is 0 Å². The summed E-state index contributed by atoms with van der Waals surface area (Å²) in [7, 11) is 2.16. The van der Waals surface area contributed by atoms with Crippen molar-refractivity contribution in [2.75, 3.05) is 20.1 Å². The lowest BCUT2D eigenvalue weighted by Crippen LogP contribution is -2.47. The molecule has 1 unspecified atom stereocenters. The molecule has 1 atom stereocenters. The first-order valence-corrected chi connectivity index (χ1v) is 11.3. The maximum Gasteiger partial charge on any atom is 0.419 e. The van der Waals surface area contributed by atoms with E-state index in [-0.39, 0.29) is 17.8 Å². The standard InChI is InChI=1S/C16H22F3N3O.C10H13N/c1-5-13(16(17,18)19)15(20-11(3)4)21-12-8-7-9-22(10-12)14(23)6-2;1-8-3-4-9-6-11(2)7-10(9)5-8/h5-6,12,21H,1-2,7-10H2,3-4H3;3-5H,6-7H2,1-2H3/b15-13-;. The first kappa shape index (κ1) is 27.4. The molecule has 0 radical (unpaired) electrons. The van der Waals surface area contributed by atoms with Gasteiger partial charge in [0.1, 0.15) is 5.82 Å². The van der Waals surface area contributed by atoms with Crippen LogP contribution in [-0.4, -0.2) is 53.8 Å². The van der Waals surface area contributed by atoms with E-state index in [4.69, 9.17) is 0 Å². The number of halogens is 3. The van der Waals surface area contributed by atoms with Gasteiger partial charge in [-0.05, 0) is 57.9 Å². The Balaban J connectivity index is 0.000000305. The van der Waals surface area contributed by atoms with Crippen LogP contribution in [0.4, 0.5) is 13.2 Å². The average molecular weight is 477 g/mol. The van der Waals surface area contributed by atoms with E-state index in [9.17, 15) is 18.0 Å². The van der Waals surface area contributed by atoms with Crippen molar-refractivity contribution in [2.24, 2.45) is 4.99 Å². The predicted octanol–water partition coefficient (Wildman–Crippen LogP) is 5.13. The number of hydrogen-bond donors (Lipinski definition) is 1. The molecular weight excluding hydrogens is 441 g/mol. The van der Waals surface area contributed by atoms with Crippen molar-refractivity contribution >= 4 is 11.6 Å². The normalized spacial score (nSPS) is 18.7. The van der Waals surface area contributed by atoms with E-state index >= 15 is 0 Å². The van der Waals surface area contributed by atoms with E-state index in [1.807, 2.05) is 0 Å². The van der Waals surface area contributed by atoms with Gasteiger partial charge in [0, 0.05) is 37.9 Å². The van der Waals surface area contributed by atoms with Gasteiger partial charge in [0.2, 0.25) is 5.91 Å². The lowest BCUT2D eigenvalue weighted by molar-refractivity contribution is -0.127. The predicted molar refractivity (Wildman–Crippen MR) is 131 cm³/mol. The summed E-state index contributed by atoms with van der Waals surface area (Å²) in [6.07, 6.45) is -1.23. The fraction of sp³-hybridized carbons (Fsp3) is 0.462. The monoisotopic (exact) mass is 476 g/mol. The van der Waals surface area contributed by atoms with Crippen LogP contribution in [0.2, 0.25) is 0 Å². The number of amides is 1. The molecule has 2 heterocycles. The van der Waals surface area contributed by atoms with Gasteiger partial charge < -0.3 is 10.2 Å². The number of aliphatic imine (C=N–C) groups is 1. The van der Waals surface area contributed by atoms with Crippen molar-refractivity contribution in [3.63, 3.8) is 0 Å². The summed E-state index contributed by atoms with van der Waals surface area (Å²) in [5.74, 6) is -0.484. The van der Waals surface area contributed by atoms with Crippen molar-refractivity contribution in [1.82, 2.24) is 15.1 Å². The van der Waals surface area contributed by atoms with Crippen LogP contribution in [0.25, 0.3) is 0 Å². The summed E-state index contributed by atoms with van der Waals surface area (Å²) in [6, 6.07) is 6.42. The molecule has 2 aliphatic rings. The molecule has 0 aromatic heterocycles. The number of fused-ring (bicyclic) bond motifs is 1. The number of alkyl halides is 3. The van der Waals surface area contributed by atoms with E-state index < -0.39 is 11.7 Å². The summed E-state index contributed by atoms with van der Waals surface area (Å²) in [6.45, 7) is 15.2. The van der Waals surface area contributed by atoms with Crippen LogP contribution in [0.5, 0.6) is 0 Å². The minimum atomic E-state index is -4.55. The summed E-state index contributed by atoms with van der Waals surface area (Å²) < 4.78 is 39.4. The van der Waals surface area contributed by atoms with Gasteiger partial charge in [-0.2, -0.15) is 13.2 Å². The number of rotatable bonds is 5. The van der Waals surface area contributed by atoms with Crippen LogP contribution < -0.4 is 5.32 Å². The van der Waals surface area contributed by atoms with Gasteiger partial charge in [-0.15, -0.1) is 0 Å². The molecule has 0 aliphatic carbocycles. The van der Waals surface area contributed by atoms with E-state index in [1.165, 1.54) is 22.8 Å². The molecule has 186 valence electrons. The maximum absolute atomic E-state index is 13.1. The summed E-state index contributed by atoms with van der Waals surface area (Å²) in [5, 5.41) is 2.83. The van der Waals surface area contributed by atoms with E-state index in [0.29, 0.717) is 31.6 Å². The number of piperidine rings is 1. The van der Waals surface area contributed by atoms with E-state index in [2.05, 4.69) is 60.5 Å². The minimum Gasteiger partial charge on any atom is -0.365 e. The van der Waals surface area contributed by atoms with Crippen molar-refractivity contribution in [3.8, 4) is 0 Å². The van der Waals surface area contributed by atoms with Crippen LogP contribution >= 0.6 is 0 Å². The Morgan fingerprint density at radius 2 is 1.85 bits per heavy atom. The number of carbonyl (C=O) groups excluding carboxylic acids is 1. The van der Waals surface area contributed by atoms with Gasteiger partial charge in [-0.25, -0.2) is 4.99 Å². The zero-order chi connectivity index (χ0) is 25.5. The zero-order valence-electron chi connectivity index (χ0n) is 20.5. The topological polar surface area (TPSA) is 47.9 Å². The molecule has 0 bridgehead atoms. The molecule has 1 amide bonds. The molecule has 34 heavy (non-hydrogen) atoms. The molecular formula is C26H35F3N4O. The Morgan fingerprint density at radius 3 is 2.44 bits per heavy atom. The fourth-order valence-corrected chi connectivity index (χ4v) is 4.05. The molecule has 3 rings (SSSR count). The Labute approximate surface area is 200 Å². The number of hydrogen-bond acceptors (Lipinski definition) is 4. The maximum atomic E-state index is 13.1. The van der Waals surface area contributed by atoms with Gasteiger partial charge in [-0.1, -0.05) is 43.0 Å². The quantitative estimate of drug-likeness (QED) is 0.364. The number of aryl methyl sites for hydroxylation is 1. The summed E-state index contributed by atoms with van der Waals surface area (Å²) in [4.78, 5) is 19.5. The Morgan fingerprint density at radius 1 is 1.18 bits per heavy atom. The second-order valence-corrected chi connectivity index (χ2v) is 8.94. The van der Waals surface area contributed by atoms with Crippen LogP contribution in [0.15, 0.2) is 59.9 Å². The third-order valence-corrected chi connectivity index (χ3v) is 5.59. The molecule has 1 saturated heterocycles. The van der Waals surface area contributed by atoms with Crippen LogP contribution in [-0.2, 0) is 17.9 Å². The minimum absolute atomic E-state index is 0.225. The smallest absolute Gasteiger partial charge is 0.365 e. The van der Waals surface area contributed by atoms with Gasteiger partial charge in [0.25, 0.3) is 0 Å². The van der Waals surface area contributed by atoms with Crippen LogP contribution in [0.1, 0.15) is 43.4 Å². The number of carbonyl (C=O) groups is 1. The van der Waals surface area contributed by atoms with Crippen molar-refractivity contribution < 1.29 is 18.0 Å². The zero-order valence-corrected chi connectivity index (χ0v) is 20.5. The average Bonchev–Trinajstić information content (AvgIpc) is 3.12. The number of benzene rings is 1. The first-order valence-electron chi connectivity index (χ1n) is 11.3.